The maximum absolute atomic E-state index is 12.2. The van der Waals surface area contributed by atoms with Crippen molar-refractivity contribution in [1.82, 2.24) is 5.32 Å². The minimum atomic E-state index is -1.13. The average molecular weight is 335 g/mol. The first-order chi connectivity index (χ1) is 12.0. The molecule has 3 rings (SSSR count). The zero-order valence-electron chi connectivity index (χ0n) is 13.3. The van der Waals surface area contributed by atoms with Crippen LogP contribution in [0, 0.1) is 0 Å². The standard InChI is InChI=1S/C20H17NO4/c22-18-8-4-3-7-16(18)19(23)21-17(20(24)25)12-13-9-10-14-5-1-2-6-15(14)11-13/h1-11,17,22H,12H2,(H,21,23)(H,24,25). The van der Waals surface area contributed by atoms with Crippen LogP contribution in [0.4, 0.5) is 0 Å². The van der Waals surface area contributed by atoms with Crippen molar-refractivity contribution in [2.24, 2.45) is 0 Å². The number of benzene rings is 3. The number of rotatable bonds is 5. The quantitative estimate of drug-likeness (QED) is 0.669. The van der Waals surface area contributed by atoms with Crippen molar-refractivity contribution >= 4 is 22.6 Å². The second kappa shape index (κ2) is 7.05. The van der Waals surface area contributed by atoms with E-state index in [0.29, 0.717) is 0 Å². The topological polar surface area (TPSA) is 86.6 Å². The third-order valence-electron chi connectivity index (χ3n) is 4.01. The molecular formula is C20H17NO4. The minimum Gasteiger partial charge on any atom is -0.507 e. The number of fused-ring (bicyclic) bond motifs is 1. The molecule has 0 saturated carbocycles. The molecule has 0 aromatic heterocycles. The van der Waals surface area contributed by atoms with Crippen molar-refractivity contribution in [3.05, 3.63) is 77.9 Å². The Hall–Kier alpha value is -3.34. The number of carboxylic acid groups (broad SMARTS) is 1. The van der Waals surface area contributed by atoms with Crippen LogP contribution in [0.5, 0.6) is 5.75 Å². The van der Waals surface area contributed by atoms with Gasteiger partial charge in [-0.3, -0.25) is 4.79 Å². The maximum Gasteiger partial charge on any atom is 0.326 e. The molecule has 25 heavy (non-hydrogen) atoms. The van der Waals surface area contributed by atoms with Crippen LogP contribution < -0.4 is 5.32 Å². The number of amides is 1. The lowest BCUT2D eigenvalue weighted by atomic mass is 10.0. The van der Waals surface area contributed by atoms with E-state index in [1.807, 2.05) is 42.5 Å². The number of carbonyl (C=O) groups is 2. The van der Waals surface area contributed by atoms with Gasteiger partial charge in [0.1, 0.15) is 11.8 Å². The van der Waals surface area contributed by atoms with Gasteiger partial charge in [-0.25, -0.2) is 4.79 Å². The van der Waals surface area contributed by atoms with Crippen LogP contribution in [0.1, 0.15) is 15.9 Å². The Balaban J connectivity index is 1.80. The number of phenolic OH excluding ortho intramolecular Hbond substituents is 1. The second-order valence-corrected chi connectivity index (χ2v) is 5.77. The van der Waals surface area contributed by atoms with Crippen molar-refractivity contribution in [2.75, 3.05) is 0 Å². The summed E-state index contributed by atoms with van der Waals surface area (Å²) in [6, 6.07) is 18.4. The van der Waals surface area contributed by atoms with Gasteiger partial charge in [-0.2, -0.15) is 0 Å². The van der Waals surface area contributed by atoms with Gasteiger partial charge in [-0.15, -0.1) is 0 Å². The summed E-state index contributed by atoms with van der Waals surface area (Å²) < 4.78 is 0. The Labute approximate surface area is 144 Å². The van der Waals surface area contributed by atoms with Gasteiger partial charge in [0.2, 0.25) is 0 Å². The highest BCUT2D eigenvalue weighted by molar-refractivity contribution is 5.98. The normalized spacial score (nSPS) is 11.8. The molecule has 0 aliphatic heterocycles. The zero-order valence-corrected chi connectivity index (χ0v) is 13.3. The molecule has 1 atom stereocenters. The molecule has 0 heterocycles. The molecule has 1 amide bonds. The highest BCUT2D eigenvalue weighted by Gasteiger charge is 2.22. The Morgan fingerprint density at radius 3 is 2.32 bits per heavy atom. The molecular weight excluding hydrogens is 318 g/mol. The molecule has 0 spiro atoms. The highest BCUT2D eigenvalue weighted by Crippen LogP contribution is 2.18. The molecule has 0 aliphatic carbocycles. The molecule has 3 N–H and O–H groups in total. The summed E-state index contributed by atoms with van der Waals surface area (Å²) in [5.74, 6) is -1.93. The fourth-order valence-electron chi connectivity index (χ4n) is 2.70. The van der Waals surface area contributed by atoms with Crippen molar-refractivity contribution in [1.29, 1.82) is 0 Å². The Kier molecular flexibility index (Phi) is 4.66. The molecule has 1 unspecified atom stereocenters. The molecule has 126 valence electrons. The van der Waals surface area contributed by atoms with Crippen LogP contribution in [0.25, 0.3) is 10.8 Å². The monoisotopic (exact) mass is 335 g/mol. The predicted molar refractivity (Wildman–Crippen MR) is 94.6 cm³/mol. The summed E-state index contributed by atoms with van der Waals surface area (Å²) in [4.78, 5) is 23.8. The number of carbonyl (C=O) groups excluding carboxylic acids is 1. The summed E-state index contributed by atoms with van der Waals surface area (Å²) in [5, 5.41) is 23.7. The fraction of sp³-hybridized carbons (Fsp3) is 0.100. The highest BCUT2D eigenvalue weighted by atomic mass is 16.4. The van der Waals surface area contributed by atoms with Gasteiger partial charge in [-0.05, 0) is 28.5 Å². The summed E-state index contributed by atoms with van der Waals surface area (Å²) in [6.07, 6.45) is 0.152. The van der Waals surface area contributed by atoms with E-state index in [-0.39, 0.29) is 17.7 Å². The minimum absolute atomic E-state index is 0.0484. The first-order valence-corrected chi connectivity index (χ1v) is 7.84. The van der Waals surface area contributed by atoms with Gasteiger partial charge in [-0.1, -0.05) is 54.6 Å². The molecule has 3 aromatic rings. The molecule has 5 heteroatoms. The Morgan fingerprint density at radius 1 is 0.920 bits per heavy atom. The Bertz CT molecular complexity index is 936. The third-order valence-corrected chi connectivity index (χ3v) is 4.01. The van der Waals surface area contributed by atoms with Crippen molar-refractivity contribution in [3.63, 3.8) is 0 Å². The van der Waals surface area contributed by atoms with Crippen LogP contribution in [0.15, 0.2) is 66.7 Å². The SMILES string of the molecule is O=C(NC(Cc1ccc2ccccc2c1)C(=O)O)c1ccccc1O. The largest absolute Gasteiger partial charge is 0.507 e. The van der Waals surface area contributed by atoms with E-state index in [4.69, 9.17) is 0 Å². The van der Waals surface area contributed by atoms with Gasteiger partial charge in [0.25, 0.3) is 5.91 Å². The number of phenols is 1. The molecule has 0 saturated heterocycles. The summed E-state index contributed by atoms with van der Waals surface area (Å²) in [7, 11) is 0. The molecule has 0 fully saturated rings. The number of aromatic hydroxyl groups is 1. The van der Waals surface area contributed by atoms with E-state index >= 15 is 0 Å². The van der Waals surface area contributed by atoms with Gasteiger partial charge < -0.3 is 15.5 Å². The second-order valence-electron chi connectivity index (χ2n) is 5.77. The van der Waals surface area contributed by atoms with Gasteiger partial charge in [0, 0.05) is 6.42 Å². The lowest BCUT2D eigenvalue weighted by Crippen LogP contribution is -2.42. The van der Waals surface area contributed by atoms with Gasteiger partial charge in [0.05, 0.1) is 5.56 Å². The van der Waals surface area contributed by atoms with E-state index in [1.54, 1.807) is 12.1 Å². The van der Waals surface area contributed by atoms with Crippen LogP contribution in [0.2, 0.25) is 0 Å². The molecule has 5 nitrogen and oxygen atoms in total. The van der Waals surface area contributed by atoms with Gasteiger partial charge >= 0.3 is 5.97 Å². The number of nitrogens with one attached hydrogen (secondary N) is 1. The van der Waals surface area contributed by atoms with Crippen molar-refractivity contribution in [2.45, 2.75) is 12.5 Å². The number of aliphatic carboxylic acids is 1. The van der Waals surface area contributed by atoms with Crippen LogP contribution in [-0.4, -0.2) is 28.1 Å². The van der Waals surface area contributed by atoms with Crippen molar-refractivity contribution in [3.8, 4) is 5.75 Å². The number of hydrogen-bond acceptors (Lipinski definition) is 3. The summed E-state index contributed by atoms with van der Waals surface area (Å²) in [6.45, 7) is 0. The summed E-state index contributed by atoms with van der Waals surface area (Å²) >= 11 is 0. The van der Waals surface area contributed by atoms with E-state index in [1.165, 1.54) is 12.1 Å². The van der Waals surface area contributed by atoms with Crippen LogP contribution in [0.3, 0.4) is 0 Å². The molecule has 3 aromatic carbocycles. The van der Waals surface area contributed by atoms with Gasteiger partial charge in [0.15, 0.2) is 0 Å². The molecule has 0 radical (unpaired) electrons. The average Bonchev–Trinajstić information content (AvgIpc) is 2.61. The first kappa shape index (κ1) is 16.5. The van der Waals surface area contributed by atoms with E-state index in [2.05, 4.69) is 5.32 Å². The molecule has 0 bridgehead atoms. The fourth-order valence-corrected chi connectivity index (χ4v) is 2.70. The van der Waals surface area contributed by atoms with E-state index in [0.717, 1.165) is 16.3 Å². The maximum atomic E-state index is 12.2. The Morgan fingerprint density at radius 2 is 1.60 bits per heavy atom. The van der Waals surface area contributed by atoms with Crippen LogP contribution >= 0.6 is 0 Å². The van der Waals surface area contributed by atoms with Crippen LogP contribution in [-0.2, 0) is 11.2 Å². The zero-order chi connectivity index (χ0) is 17.8. The van der Waals surface area contributed by atoms with Crippen molar-refractivity contribution < 1.29 is 19.8 Å². The van der Waals surface area contributed by atoms with E-state index < -0.39 is 17.9 Å². The number of hydrogen-bond donors (Lipinski definition) is 3. The number of para-hydroxylation sites is 1. The lowest BCUT2D eigenvalue weighted by Gasteiger charge is -2.15. The van der Waals surface area contributed by atoms with E-state index in [9.17, 15) is 19.8 Å². The third kappa shape index (κ3) is 3.77. The first-order valence-electron chi connectivity index (χ1n) is 7.84. The smallest absolute Gasteiger partial charge is 0.326 e. The molecule has 0 aliphatic rings. The predicted octanol–water partition coefficient (Wildman–Crippen LogP) is 2.97. The summed E-state index contributed by atoms with van der Waals surface area (Å²) in [5.41, 5.74) is 0.857. The number of carboxylic acids is 1. The lowest BCUT2D eigenvalue weighted by molar-refractivity contribution is -0.139.